The summed E-state index contributed by atoms with van der Waals surface area (Å²) >= 11 is 0. The molecular weight excluding hydrogens is 218 g/mol. The van der Waals surface area contributed by atoms with Gasteiger partial charge in [-0.1, -0.05) is 12.1 Å². The van der Waals surface area contributed by atoms with Crippen LogP contribution in [0.2, 0.25) is 0 Å². The molecule has 0 aliphatic rings. The van der Waals surface area contributed by atoms with Crippen LogP contribution in [0.3, 0.4) is 0 Å². The van der Waals surface area contributed by atoms with Crippen molar-refractivity contribution in [2.75, 3.05) is 0 Å². The Morgan fingerprint density at radius 2 is 1.71 bits per heavy atom. The molecule has 4 nitrogen and oxygen atoms in total. The van der Waals surface area contributed by atoms with Crippen molar-refractivity contribution in [3.05, 3.63) is 42.3 Å². The van der Waals surface area contributed by atoms with Crippen LogP contribution in [-0.2, 0) is 4.74 Å². The first-order chi connectivity index (χ1) is 7.78. The van der Waals surface area contributed by atoms with Crippen LogP contribution >= 0.6 is 0 Å². The van der Waals surface area contributed by atoms with Crippen molar-refractivity contribution in [2.24, 2.45) is 0 Å². The van der Waals surface area contributed by atoms with Crippen molar-refractivity contribution < 1.29 is 14.3 Å². The van der Waals surface area contributed by atoms with Crippen molar-refractivity contribution in [1.82, 2.24) is 5.32 Å². The molecule has 1 aromatic rings. The van der Waals surface area contributed by atoms with E-state index in [2.05, 4.69) is 12.2 Å². The number of imide groups is 1. The third kappa shape index (κ3) is 4.68. The fraction of sp³-hybridized carbons (Fsp3) is 0.308. The molecule has 1 N–H and O–H groups in total. The normalized spacial score (nSPS) is 10.8. The first-order valence-electron chi connectivity index (χ1n) is 5.24. The highest BCUT2D eigenvalue weighted by Crippen LogP contribution is 2.07. The minimum Gasteiger partial charge on any atom is -0.444 e. The molecule has 0 unspecified atom stereocenters. The Labute approximate surface area is 101 Å². The van der Waals surface area contributed by atoms with Gasteiger partial charge >= 0.3 is 6.09 Å². The minimum absolute atomic E-state index is 0.392. The van der Waals surface area contributed by atoms with Gasteiger partial charge in [-0.2, -0.15) is 0 Å². The van der Waals surface area contributed by atoms with Gasteiger partial charge in [-0.25, -0.2) is 4.79 Å². The van der Waals surface area contributed by atoms with Crippen LogP contribution in [-0.4, -0.2) is 17.6 Å². The second-order valence-electron chi connectivity index (χ2n) is 4.65. The van der Waals surface area contributed by atoms with E-state index in [-0.39, 0.29) is 0 Å². The summed E-state index contributed by atoms with van der Waals surface area (Å²) in [7, 11) is 0. The van der Waals surface area contributed by atoms with E-state index in [1.54, 1.807) is 45.0 Å². The Kier molecular flexibility index (Phi) is 3.89. The summed E-state index contributed by atoms with van der Waals surface area (Å²) in [5.41, 5.74) is 0.573. The third-order valence-corrected chi connectivity index (χ3v) is 1.83. The Morgan fingerprint density at radius 1 is 1.18 bits per heavy atom. The van der Waals surface area contributed by atoms with Gasteiger partial charge in [0.25, 0.3) is 5.91 Å². The van der Waals surface area contributed by atoms with Gasteiger partial charge in [0.1, 0.15) is 5.60 Å². The fourth-order valence-electron chi connectivity index (χ4n) is 1.12. The van der Waals surface area contributed by atoms with Crippen LogP contribution in [0.1, 0.15) is 36.7 Å². The maximum Gasteiger partial charge on any atom is 0.414 e. The Bertz CT molecular complexity index is 415. The number of ether oxygens (including phenoxy) is 1. The standard InChI is InChI=1S/C13H16NO3/c1-9-5-7-10(8-6-9)11(15)14-12(16)17-13(2,3)4/h5-8H,1H2,2-4H3,(H,14,15,16). The highest BCUT2D eigenvalue weighted by Gasteiger charge is 2.18. The molecule has 17 heavy (non-hydrogen) atoms. The molecule has 0 atom stereocenters. The lowest BCUT2D eigenvalue weighted by Gasteiger charge is -2.19. The molecule has 4 heteroatoms. The lowest BCUT2D eigenvalue weighted by molar-refractivity contribution is 0.0508. The maximum absolute atomic E-state index is 11.6. The average Bonchev–Trinajstić information content (AvgIpc) is 2.15. The van der Waals surface area contributed by atoms with E-state index in [4.69, 9.17) is 4.74 Å². The topological polar surface area (TPSA) is 55.4 Å². The average molecular weight is 234 g/mol. The first kappa shape index (κ1) is 13.2. The molecule has 0 aliphatic carbocycles. The second kappa shape index (κ2) is 4.99. The SMILES string of the molecule is [CH2]c1ccc(C(=O)NC(=O)OC(C)(C)C)cc1. The number of hydrogen-bond donors (Lipinski definition) is 1. The number of nitrogens with one attached hydrogen (secondary N) is 1. The quantitative estimate of drug-likeness (QED) is 0.812. The van der Waals surface area contributed by atoms with Gasteiger partial charge in [-0.3, -0.25) is 10.1 Å². The monoisotopic (exact) mass is 234 g/mol. The molecule has 0 fully saturated rings. The van der Waals surface area contributed by atoms with Crippen molar-refractivity contribution in [2.45, 2.75) is 26.4 Å². The molecule has 0 saturated carbocycles. The lowest BCUT2D eigenvalue weighted by Crippen LogP contribution is -2.36. The van der Waals surface area contributed by atoms with Gasteiger partial charge in [0, 0.05) is 5.56 Å². The van der Waals surface area contributed by atoms with Crippen LogP contribution < -0.4 is 5.32 Å². The van der Waals surface area contributed by atoms with Crippen LogP contribution in [0.5, 0.6) is 0 Å². The summed E-state index contributed by atoms with van der Waals surface area (Å²) in [6.45, 7) is 8.90. The van der Waals surface area contributed by atoms with Gasteiger partial charge in [0.15, 0.2) is 0 Å². The molecule has 0 heterocycles. The highest BCUT2D eigenvalue weighted by atomic mass is 16.6. The lowest BCUT2D eigenvalue weighted by atomic mass is 10.1. The third-order valence-electron chi connectivity index (χ3n) is 1.83. The summed E-state index contributed by atoms with van der Waals surface area (Å²) in [6, 6.07) is 6.60. The van der Waals surface area contributed by atoms with E-state index in [0.717, 1.165) is 5.56 Å². The summed E-state index contributed by atoms with van der Waals surface area (Å²) in [4.78, 5) is 23.0. The van der Waals surface area contributed by atoms with Gasteiger partial charge in [-0.15, -0.1) is 0 Å². The molecule has 91 valence electrons. The van der Waals surface area contributed by atoms with Crippen LogP contribution in [0.15, 0.2) is 24.3 Å². The highest BCUT2D eigenvalue weighted by molar-refractivity contribution is 6.02. The van der Waals surface area contributed by atoms with Crippen LogP contribution in [0.4, 0.5) is 4.79 Å². The molecule has 0 saturated heterocycles. The first-order valence-corrected chi connectivity index (χ1v) is 5.24. The van der Waals surface area contributed by atoms with Crippen molar-refractivity contribution >= 4 is 12.0 Å². The van der Waals surface area contributed by atoms with Crippen LogP contribution in [0.25, 0.3) is 0 Å². The zero-order valence-corrected chi connectivity index (χ0v) is 10.2. The molecule has 0 aromatic heterocycles. The summed E-state index contributed by atoms with van der Waals surface area (Å²) < 4.78 is 4.97. The Balaban J connectivity index is 2.61. The van der Waals surface area contributed by atoms with E-state index >= 15 is 0 Å². The minimum atomic E-state index is -0.749. The van der Waals surface area contributed by atoms with E-state index in [1.165, 1.54) is 0 Å². The Hall–Kier alpha value is -1.84. The molecule has 1 rings (SSSR count). The zero-order valence-electron chi connectivity index (χ0n) is 10.2. The van der Waals surface area contributed by atoms with Crippen molar-refractivity contribution in [3.8, 4) is 0 Å². The van der Waals surface area contributed by atoms with Gasteiger partial charge in [0.05, 0.1) is 0 Å². The summed E-state index contributed by atoms with van der Waals surface area (Å²) in [6.07, 6.45) is -0.749. The largest absolute Gasteiger partial charge is 0.444 e. The number of alkyl carbamates (subject to hydrolysis) is 1. The van der Waals surface area contributed by atoms with E-state index < -0.39 is 17.6 Å². The Morgan fingerprint density at radius 3 is 2.18 bits per heavy atom. The summed E-state index contributed by atoms with van der Waals surface area (Å²) in [5, 5.41) is 2.15. The number of amides is 2. The van der Waals surface area contributed by atoms with E-state index in [0.29, 0.717) is 5.56 Å². The van der Waals surface area contributed by atoms with Crippen LogP contribution in [0, 0.1) is 6.92 Å². The fourth-order valence-corrected chi connectivity index (χ4v) is 1.12. The number of rotatable bonds is 1. The van der Waals surface area contributed by atoms with Gasteiger partial charge < -0.3 is 4.74 Å². The molecule has 0 bridgehead atoms. The van der Waals surface area contributed by atoms with E-state index in [1.807, 2.05) is 0 Å². The summed E-state index contributed by atoms with van der Waals surface area (Å²) in [5.74, 6) is -0.487. The van der Waals surface area contributed by atoms with Gasteiger partial charge in [0.2, 0.25) is 0 Å². The predicted molar refractivity (Wildman–Crippen MR) is 64.6 cm³/mol. The number of benzene rings is 1. The molecule has 1 radical (unpaired) electrons. The number of carbonyl (C=O) groups is 2. The van der Waals surface area contributed by atoms with E-state index in [9.17, 15) is 9.59 Å². The molecule has 0 spiro atoms. The molecular formula is C13H16NO3. The van der Waals surface area contributed by atoms with Crippen molar-refractivity contribution in [1.29, 1.82) is 0 Å². The van der Waals surface area contributed by atoms with Crippen molar-refractivity contribution in [3.63, 3.8) is 0 Å². The smallest absolute Gasteiger partial charge is 0.414 e. The molecule has 2 amide bonds. The molecule has 1 aromatic carbocycles. The molecule has 0 aliphatic heterocycles. The zero-order chi connectivity index (χ0) is 13.1. The predicted octanol–water partition coefficient (Wildman–Crippen LogP) is 2.53. The second-order valence-corrected chi connectivity index (χ2v) is 4.65. The number of hydrogen-bond acceptors (Lipinski definition) is 3. The number of carbonyl (C=O) groups excluding carboxylic acids is 2. The maximum atomic E-state index is 11.6. The van der Waals surface area contributed by atoms with Gasteiger partial charge in [-0.05, 0) is 45.4 Å².